The van der Waals surface area contributed by atoms with Gasteiger partial charge in [-0.25, -0.2) is 0 Å². The molecule has 1 unspecified atom stereocenters. The summed E-state index contributed by atoms with van der Waals surface area (Å²) in [7, 11) is 4.31. The second-order valence-electron chi connectivity index (χ2n) is 7.08. The molecular weight excluding hydrogens is 280 g/mol. The number of likely N-dealkylation sites (N-methyl/N-ethyl adjacent to an activating group) is 1. The van der Waals surface area contributed by atoms with E-state index in [2.05, 4.69) is 55.3 Å². The normalized spacial score (nSPS) is 22.1. The summed E-state index contributed by atoms with van der Waals surface area (Å²) in [6.07, 6.45) is 2.38. The third kappa shape index (κ3) is 6.07. The molecule has 1 aromatic heterocycles. The quantitative estimate of drug-likeness (QED) is 0.768. The standard InChI is InChI=1S/C17H30N2OS/c1-17(2)12-15(7-10-20-17)13-19(9-8-18(3)4)14-16-6-5-11-21-16/h5-6,11,15H,7-10,12-14H2,1-4H3. The minimum absolute atomic E-state index is 0.0546. The van der Waals surface area contributed by atoms with Crippen molar-refractivity contribution in [2.45, 2.75) is 38.8 Å². The van der Waals surface area contributed by atoms with Crippen LogP contribution in [0.2, 0.25) is 0 Å². The monoisotopic (exact) mass is 310 g/mol. The van der Waals surface area contributed by atoms with E-state index in [-0.39, 0.29) is 5.60 Å². The second kappa shape index (κ2) is 7.73. The third-order valence-electron chi connectivity index (χ3n) is 4.14. The van der Waals surface area contributed by atoms with Crippen LogP contribution < -0.4 is 0 Å². The Morgan fingerprint density at radius 1 is 1.33 bits per heavy atom. The molecule has 0 radical (unpaired) electrons. The van der Waals surface area contributed by atoms with E-state index in [1.165, 1.54) is 24.3 Å². The van der Waals surface area contributed by atoms with E-state index >= 15 is 0 Å². The Labute approximate surface area is 133 Å². The van der Waals surface area contributed by atoms with Crippen LogP contribution in [0.3, 0.4) is 0 Å². The molecular formula is C17H30N2OS. The van der Waals surface area contributed by atoms with Crippen LogP contribution in [-0.4, -0.2) is 55.7 Å². The van der Waals surface area contributed by atoms with Crippen LogP contribution in [0, 0.1) is 5.92 Å². The zero-order valence-corrected chi connectivity index (χ0v) is 14.8. The van der Waals surface area contributed by atoms with Crippen molar-refractivity contribution in [1.82, 2.24) is 9.80 Å². The molecule has 2 rings (SSSR count). The summed E-state index contributed by atoms with van der Waals surface area (Å²) in [5.74, 6) is 0.760. The van der Waals surface area contributed by atoms with Gasteiger partial charge in [-0.15, -0.1) is 11.3 Å². The van der Waals surface area contributed by atoms with Crippen LogP contribution in [-0.2, 0) is 11.3 Å². The highest BCUT2D eigenvalue weighted by Crippen LogP contribution is 2.29. The molecule has 1 aliphatic heterocycles. The van der Waals surface area contributed by atoms with Crippen molar-refractivity contribution < 1.29 is 4.74 Å². The Balaban J connectivity index is 1.91. The van der Waals surface area contributed by atoms with Gasteiger partial charge in [0.1, 0.15) is 0 Å². The van der Waals surface area contributed by atoms with Crippen molar-refractivity contribution in [1.29, 1.82) is 0 Å². The van der Waals surface area contributed by atoms with Crippen molar-refractivity contribution >= 4 is 11.3 Å². The number of hydrogen-bond donors (Lipinski definition) is 0. The van der Waals surface area contributed by atoms with Gasteiger partial charge in [0.25, 0.3) is 0 Å². The largest absolute Gasteiger partial charge is 0.376 e. The van der Waals surface area contributed by atoms with Crippen molar-refractivity contribution in [3.63, 3.8) is 0 Å². The van der Waals surface area contributed by atoms with Crippen LogP contribution in [0.25, 0.3) is 0 Å². The first-order chi connectivity index (χ1) is 9.94. The van der Waals surface area contributed by atoms with Gasteiger partial charge in [0.15, 0.2) is 0 Å². The summed E-state index contributed by atoms with van der Waals surface area (Å²) in [4.78, 5) is 6.37. The van der Waals surface area contributed by atoms with Gasteiger partial charge in [0, 0.05) is 37.7 Å². The van der Waals surface area contributed by atoms with Crippen LogP contribution in [0.4, 0.5) is 0 Å². The van der Waals surface area contributed by atoms with Gasteiger partial charge in [-0.3, -0.25) is 4.90 Å². The summed E-state index contributed by atoms with van der Waals surface area (Å²) < 4.78 is 5.86. The first-order valence-electron chi connectivity index (χ1n) is 7.98. The van der Waals surface area contributed by atoms with Gasteiger partial charge in [-0.1, -0.05) is 6.07 Å². The molecule has 0 saturated carbocycles. The first-order valence-corrected chi connectivity index (χ1v) is 8.86. The maximum atomic E-state index is 5.86. The number of hydrogen-bond acceptors (Lipinski definition) is 4. The van der Waals surface area contributed by atoms with Crippen LogP contribution in [0.1, 0.15) is 31.6 Å². The molecule has 0 aromatic carbocycles. The Kier molecular flexibility index (Phi) is 6.23. The number of nitrogens with zero attached hydrogens (tertiary/aromatic N) is 2. The molecule has 21 heavy (non-hydrogen) atoms. The fraction of sp³-hybridized carbons (Fsp3) is 0.765. The molecule has 1 aromatic rings. The molecule has 1 atom stereocenters. The lowest BCUT2D eigenvalue weighted by molar-refractivity contribution is -0.0772. The van der Waals surface area contributed by atoms with Crippen molar-refractivity contribution in [2.75, 3.05) is 40.3 Å². The van der Waals surface area contributed by atoms with E-state index in [0.29, 0.717) is 0 Å². The van der Waals surface area contributed by atoms with Gasteiger partial charge >= 0.3 is 0 Å². The average molecular weight is 311 g/mol. The van der Waals surface area contributed by atoms with E-state index in [0.717, 1.165) is 32.2 Å². The van der Waals surface area contributed by atoms with Crippen molar-refractivity contribution in [2.24, 2.45) is 5.92 Å². The smallest absolute Gasteiger partial charge is 0.0629 e. The second-order valence-corrected chi connectivity index (χ2v) is 8.12. The molecule has 1 aliphatic rings. The third-order valence-corrected chi connectivity index (χ3v) is 5.00. The van der Waals surface area contributed by atoms with E-state index < -0.39 is 0 Å². The van der Waals surface area contributed by atoms with Gasteiger partial charge < -0.3 is 9.64 Å². The molecule has 4 heteroatoms. The van der Waals surface area contributed by atoms with Gasteiger partial charge in [-0.05, 0) is 58.1 Å². The van der Waals surface area contributed by atoms with Gasteiger partial charge in [0.05, 0.1) is 5.60 Å². The molecule has 0 bridgehead atoms. The Morgan fingerprint density at radius 3 is 2.76 bits per heavy atom. The highest BCUT2D eigenvalue weighted by atomic mass is 32.1. The van der Waals surface area contributed by atoms with E-state index in [9.17, 15) is 0 Å². The summed E-state index contributed by atoms with van der Waals surface area (Å²) in [6, 6.07) is 4.41. The first kappa shape index (κ1) is 16.9. The molecule has 1 fully saturated rings. The minimum Gasteiger partial charge on any atom is -0.376 e. The molecule has 2 heterocycles. The lowest BCUT2D eigenvalue weighted by atomic mass is 9.88. The highest BCUT2D eigenvalue weighted by Gasteiger charge is 2.29. The summed E-state index contributed by atoms with van der Waals surface area (Å²) >= 11 is 1.87. The molecule has 0 amide bonds. The van der Waals surface area contributed by atoms with E-state index in [1.807, 2.05) is 11.3 Å². The van der Waals surface area contributed by atoms with Crippen molar-refractivity contribution in [3.05, 3.63) is 22.4 Å². The van der Waals surface area contributed by atoms with E-state index in [1.54, 1.807) is 0 Å². The molecule has 1 saturated heterocycles. The zero-order chi connectivity index (χ0) is 15.3. The fourth-order valence-corrected chi connectivity index (χ4v) is 3.82. The highest BCUT2D eigenvalue weighted by molar-refractivity contribution is 7.09. The minimum atomic E-state index is 0.0546. The van der Waals surface area contributed by atoms with Crippen LogP contribution in [0.5, 0.6) is 0 Å². The predicted octanol–water partition coefficient (Wildman–Crippen LogP) is 3.32. The molecule has 0 N–H and O–H groups in total. The number of ether oxygens (including phenoxy) is 1. The molecule has 0 aliphatic carbocycles. The van der Waals surface area contributed by atoms with Crippen LogP contribution in [0.15, 0.2) is 17.5 Å². The topological polar surface area (TPSA) is 15.7 Å². The molecule has 120 valence electrons. The van der Waals surface area contributed by atoms with E-state index in [4.69, 9.17) is 4.74 Å². The average Bonchev–Trinajstić information content (AvgIpc) is 2.87. The zero-order valence-electron chi connectivity index (χ0n) is 14.0. The lowest BCUT2D eigenvalue weighted by Crippen LogP contribution is -2.41. The fourth-order valence-electron chi connectivity index (χ4n) is 3.08. The maximum Gasteiger partial charge on any atom is 0.0629 e. The molecule has 3 nitrogen and oxygen atoms in total. The lowest BCUT2D eigenvalue weighted by Gasteiger charge is -2.38. The number of rotatable bonds is 7. The molecule has 0 spiro atoms. The Hall–Kier alpha value is -0.420. The maximum absolute atomic E-state index is 5.86. The summed E-state index contributed by atoms with van der Waals surface area (Å²) in [6.45, 7) is 9.91. The Bertz CT molecular complexity index is 403. The van der Waals surface area contributed by atoms with Gasteiger partial charge in [0.2, 0.25) is 0 Å². The van der Waals surface area contributed by atoms with Gasteiger partial charge in [-0.2, -0.15) is 0 Å². The predicted molar refractivity (Wildman–Crippen MR) is 90.9 cm³/mol. The van der Waals surface area contributed by atoms with Crippen LogP contribution >= 0.6 is 11.3 Å². The van der Waals surface area contributed by atoms with Crippen molar-refractivity contribution in [3.8, 4) is 0 Å². The summed E-state index contributed by atoms with van der Waals surface area (Å²) in [5.41, 5.74) is 0.0546. The number of thiophene rings is 1. The SMILES string of the molecule is CN(C)CCN(Cc1cccs1)CC1CCOC(C)(C)C1. The summed E-state index contributed by atoms with van der Waals surface area (Å²) in [5, 5.41) is 2.18. The Morgan fingerprint density at radius 2 is 2.14 bits per heavy atom.